The van der Waals surface area contributed by atoms with Crippen molar-refractivity contribution in [2.75, 3.05) is 0 Å². The van der Waals surface area contributed by atoms with Crippen LogP contribution in [-0.4, -0.2) is 4.57 Å². The van der Waals surface area contributed by atoms with Crippen molar-refractivity contribution in [3.05, 3.63) is 103 Å². The average Bonchev–Trinajstić information content (AvgIpc) is 3.08. The van der Waals surface area contributed by atoms with Gasteiger partial charge in [-0.1, -0.05) is 80.6 Å². The molecule has 0 bridgehead atoms. The lowest BCUT2D eigenvalue weighted by Gasteiger charge is -2.09. The average molecular weight is 376 g/mol. The molecule has 0 aliphatic rings. The molecule has 0 aliphatic carbocycles. The van der Waals surface area contributed by atoms with Gasteiger partial charge in [0.25, 0.3) is 0 Å². The highest BCUT2D eigenvalue weighted by Crippen LogP contribution is 2.34. The van der Waals surface area contributed by atoms with Gasteiger partial charge < -0.3 is 4.57 Å². The van der Waals surface area contributed by atoms with E-state index < -0.39 is 0 Å². The van der Waals surface area contributed by atoms with Gasteiger partial charge >= 0.3 is 0 Å². The van der Waals surface area contributed by atoms with Crippen molar-refractivity contribution in [1.29, 1.82) is 0 Å². The number of fused-ring (bicyclic) bond motifs is 3. The maximum atomic E-state index is 2.36. The summed E-state index contributed by atoms with van der Waals surface area (Å²) in [5.41, 5.74) is 7.64. The first kappa shape index (κ1) is 17.8. The summed E-state index contributed by atoms with van der Waals surface area (Å²) in [6.07, 6.45) is 1.13. The van der Waals surface area contributed by atoms with E-state index in [-0.39, 0.29) is 0 Å². The molecule has 1 nitrogen and oxygen atoms in total. The molecule has 0 atom stereocenters. The molecule has 29 heavy (non-hydrogen) atoms. The molecular formula is C28H25N. The second-order valence-electron chi connectivity index (χ2n) is 8.21. The van der Waals surface area contributed by atoms with E-state index >= 15 is 0 Å². The van der Waals surface area contributed by atoms with Crippen molar-refractivity contribution in [3.63, 3.8) is 0 Å². The fourth-order valence-electron chi connectivity index (χ4n) is 4.31. The Morgan fingerprint density at radius 2 is 1.28 bits per heavy atom. The first-order chi connectivity index (χ1) is 14.2. The van der Waals surface area contributed by atoms with Gasteiger partial charge in [0.05, 0.1) is 11.0 Å². The molecule has 1 heteroatoms. The van der Waals surface area contributed by atoms with Crippen molar-refractivity contribution in [3.8, 4) is 16.8 Å². The first-order valence-corrected chi connectivity index (χ1v) is 10.4. The van der Waals surface area contributed by atoms with Crippen LogP contribution in [0, 0.1) is 5.92 Å². The Balaban J connectivity index is 1.67. The minimum Gasteiger partial charge on any atom is -0.309 e. The van der Waals surface area contributed by atoms with Gasteiger partial charge in [-0.2, -0.15) is 0 Å². The van der Waals surface area contributed by atoms with Crippen LogP contribution in [0.5, 0.6) is 0 Å². The van der Waals surface area contributed by atoms with E-state index in [1.165, 1.54) is 44.2 Å². The van der Waals surface area contributed by atoms with Gasteiger partial charge in [0.2, 0.25) is 0 Å². The summed E-state index contributed by atoms with van der Waals surface area (Å²) in [5, 5.41) is 2.60. The second-order valence-corrected chi connectivity index (χ2v) is 8.21. The quantitative estimate of drug-likeness (QED) is 0.304. The smallest absolute Gasteiger partial charge is 0.0541 e. The van der Waals surface area contributed by atoms with Crippen LogP contribution in [0.4, 0.5) is 0 Å². The van der Waals surface area contributed by atoms with E-state index in [9.17, 15) is 0 Å². The van der Waals surface area contributed by atoms with Crippen LogP contribution < -0.4 is 0 Å². The van der Waals surface area contributed by atoms with Crippen LogP contribution in [0.25, 0.3) is 38.6 Å². The monoisotopic (exact) mass is 375 g/mol. The third kappa shape index (κ3) is 3.23. The fourth-order valence-corrected chi connectivity index (χ4v) is 4.31. The zero-order chi connectivity index (χ0) is 19.8. The number of para-hydroxylation sites is 2. The summed E-state index contributed by atoms with van der Waals surface area (Å²) < 4.78 is 2.36. The summed E-state index contributed by atoms with van der Waals surface area (Å²) in [5.74, 6) is 0.682. The zero-order valence-electron chi connectivity index (χ0n) is 17.0. The highest BCUT2D eigenvalue weighted by atomic mass is 15.0. The van der Waals surface area contributed by atoms with Crippen LogP contribution in [0.2, 0.25) is 0 Å². The third-order valence-electron chi connectivity index (χ3n) is 5.62. The number of hydrogen-bond acceptors (Lipinski definition) is 0. The van der Waals surface area contributed by atoms with Crippen LogP contribution in [0.3, 0.4) is 0 Å². The molecule has 1 aromatic heterocycles. The molecule has 142 valence electrons. The third-order valence-corrected chi connectivity index (χ3v) is 5.62. The molecule has 0 radical (unpaired) electrons. The van der Waals surface area contributed by atoms with Gasteiger partial charge in [0.1, 0.15) is 0 Å². The molecule has 0 unspecified atom stereocenters. The fraction of sp³-hybridized carbons (Fsp3) is 0.143. The molecule has 0 spiro atoms. The second kappa shape index (κ2) is 7.25. The predicted molar refractivity (Wildman–Crippen MR) is 125 cm³/mol. The lowest BCUT2D eigenvalue weighted by molar-refractivity contribution is 0.647. The van der Waals surface area contributed by atoms with Crippen molar-refractivity contribution in [2.45, 2.75) is 20.3 Å². The molecule has 1 heterocycles. The lowest BCUT2D eigenvalue weighted by atomic mass is 9.98. The van der Waals surface area contributed by atoms with E-state index in [1.54, 1.807) is 0 Å². The zero-order valence-corrected chi connectivity index (χ0v) is 17.0. The number of benzene rings is 4. The SMILES string of the molecule is CC(C)Cc1ccc(-c2ccc3c(c2)c2ccccc2n3-c2ccccc2)cc1. The summed E-state index contributed by atoms with van der Waals surface area (Å²) in [4.78, 5) is 0. The van der Waals surface area contributed by atoms with Gasteiger partial charge in [-0.3, -0.25) is 0 Å². The maximum Gasteiger partial charge on any atom is 0.0541 e. The summed E-state index contributed by atoms with van der Waals surface area (Å²) in [6.45, 7) is 4.54. The normalized spacial score (nSPS) is 11.6. The highest BCUT2D eigenvalue weighted by Gasteiger charge is 2.12. The molecule has 0 saturated carbocycles. The van der Waals surface area contributed by atoms with Crippen molar-refractivity contribution in [1.82, 2.24) is 4.57 Å². The molecule has 5 rings (SSSR count). The lowest BCUT2D eigenvalue weighted by Crippen LogP contribution is -1.93. The minimum absolute atomic E-state index is 0.682. The van der Waals surface area contributed by atoms with Crippen molar-refractivity contribution in [2.24, 2.45) is 5.92 Å². The van der Waals surface area contributed by atoms with Gasteiger partial charge in [-0.05, 0) is 59.4 Å². The van der Waals surface area contributed by atoms with E-state index in [4.69, 9.17) is 0 Å². The van der Waals surface area contributed by atoms with Gasteiger partial charge in [-0.25, -0.2) is 0 Å². The first-order valence-electron chi connectivity index (χ1n) is 10.4. The van der Waals surface area contributed by atoms with Crippen LogP contribution >= 0.6 is 0 Å². The van der Waals surface area contributed by atoms with E-state index in [0.29, 0.717) is 5.92 Å². The molecule has 0 amide bonds. The molecular weight excluding hydrogens is 350 g/mol. The summed E-state index contributed by atoms with van der Waals surface area (Å²) in [7, 11) is 0. The Morgan fingerprint density at radius 3 is 2.03 bits per heavy atom. The van der Waals surface area contributed by atoms with Gasteiger partial charge in [-0.15, -0.1) is 0 Å². The topological polar surface area (TPSA) is 4.93 Å². The molecule has 0 aliphatic heterocycles. The van der Waals surface area contributed by atoms with Crippen LogP contribution in [0.1, 0.15) is 19.4 Å². The van der Waals surface area contributed by atoms with Crippen molar-refractivity contribution >= 4 is 21.8 Å². The number of rotatable bonds is 4. The summed E-state index contributed by atoms with van der Waals surface area (Å²) >= 11 is 0. The Labute approximate surface area is 172 Å². The maximum absolute atomic E-state index is 2.36. The Bertz CT molecular complexity index is 1270. The number of nitrogens with zero attached hydrogens (tertiary/aromatic N) is 1. The van der Waals surface area contributed by atoms with E-state index in [0.717, 1.165) is 6.42 Å². The molecule has 0 saturated heterocycles. The Hall–Kier alpha value is -3.32. The molecule has 5 aromatic rings. The molecule has 0 N–H and O–H groups in total. The Morgan fingerprint density at radius 1 is 0.621 bits per heavy atom. The Kier molecular flexibility index (Phi) is 4.44. The van der Waals surface area contributed by atoms with Crippen molar-refractivity contribution < 1.29 is 0 Å². The van der Waals surface area contributed by atoms with E-state index in [1.807, 2.05) is 0 Å². The number of aromatic nitrogens is 1. The number of hydrogen-bond donors (Lipinski definition) is 0. The standard InChI is InChI=1S/C28H25N/c1-20(2)18-21-12-14-22(15-13-21)23-16-17-28-26(19-23)25-10-6-7-11-27(25)29(28)24-8-4-3-5-9-24/h3-17,19-20H,18H2,1-2H3. The largest absolute Gasteiger partial charge is 0.309 e. The highest BCUT2D eigenvalue weighted by molar-refractivity contribution is 6.10. The van der Waals surface area contributed by atoms with Crippen LogP contribution in [-0.2, 0) is 6.42 Å². The van der Waals surface area contributed by atoms with Crippen LogP contribution in [0.15, 0.2) is 97.1 Å². The van der Waals surface area contributed by atoms with Gasteiger partial charge in [0, 0.05) is 16.5 Å². The minimum atomic E-state index is 0.682. The van der Waals surface area contributed by atoms with Gasteiger partial charge in [0.15, 0.2) is 0 Å². The van der Waals surface area contributed by atoms with E-state index in [2.05, 4.69) is 115 Å². The molecule has 0 fully saturated rings. The summed E-state index contributed by atoms with van der Waals surface area (Å²) in [6, 6.07) is 35.2. The predicted octanol–water partition coefficient (Wildman–Crippen LogP) is 7.65. The molecule has 4 aromatic carbocycles.